The molecule has 3 amide bonds. The fraction of sp³-hybridized carbons (Fsp3) is 0.353. The van der Waals surface area contributed by atoms with Gasteiger partial charge in [0.1, 0.15) is 6.04 Å². The largest absolute Gasteiger partial charge is 0.454 e. The van der Waals surface area contributed by atoms with Gasteiger partial charge in [0.2, 0.25) is 11.8 Å². The molecule has 0 aromatic heterocycles. The highest BCUT2D eigenvalue weighted by Crippen LogP contribution is 2.61. The minimum atomic E-state index is -1.10. The van der Waals surface area contributed by atoms with Crippen LogP contribution in [0.15, 0.2) is 66.7 Å². The molecule has 3 aliphatic carbocycles. The van der Waals surface area contributed by atoms with Gasteiger partial charge in [-0.2, -0.15) is 0 Å². The van der Waals surface area contributed by atoms with E-state index in [0.717, 1.165) is 38.3 Å². The molecule has 7 nitrogen and oxygen atoms in total. The Balaban J connectivity index is 1.26. The number of rotatable bonds is 7. The van der Waals surface area contributed by atoms with Crippen LogP contribution in [0.2, 0.25) is 0 Å². The molecule has 1 N–H and O–H groups in total. The first-order valence-corrected chi connectivity index (χ1v) is 14.3. The first kappa shape index (κ1) is 26.9. The van der Waals surface area contributed by atoms with Crippen LogP contribution in [0.4, 0.5) is 5.69 Å². The molecule has 3 aromatic carbocycles. The number of carbonyl (C=O) groups excluding carboxylic acids is 4. The average Bonchev–Trinajstić information content (AvgIpc) is 3.22. The van der Waals surface area contributed by atoms with Gasteiger partial charge in [0, 0.05) is 17.5 Å². The summed E-state index contributed by atoms with van der Waals surface area (Å²) in [4.78, 5) is 55.6. The number of imide groups is 1. The molecule has 3 atom stereocenters. The van der Waals surface area contributed by atoms with Crippen LogP contribution in [0.25, 0.3) is 0 Å². The summed E-state index contributed by atoms with van der Waals surface area (Å²) in [5, 5.41) is 2.78. The number of amides is 3. The number of aryl methyl sites for hydroxylation is 2. The van der Waals surface area contributed by atoms with Gasteiger partial charge in [-0.25, -0.2) is 4.79 Å². The number of esters is 1. The van der Waals surface area contributed by atoms with E-state index in [9.17, 15) is 19.2 Å². The molecule has 1 aliphatic heterocycles. The molecule has 1 saturated heterocycles. The fourth-order valence-electron chi connectivity index (χ4n) is 7.13. The van der Waals surface area contributed by atoms with Crippen LogP contribution in [0.1, 0.15) is 65.5 Å². The van der Waals surface area contributed by atoms with Crippen LogP contribution in [0.5, 0.6) is 0 Å². The lowest BCUT2D eigenvalue weighted by Gasteiger charge is -2.45. The zero-order valence-electron chi connectivity index (χ0n) is 23.7. The summed E-state index contributed by atoms with van der Waals surface area (Å²) in [7, 11) is 0. The van der Waals surface area contributed by atoms with E-state index in [1.807, 2.05) is 88.4 Å². The second-order valence-electron chi connectivity index (χ2n) is 11.9. The van der Waals surface area contributed by atoms with Crippen molar-refractivity contribution < 1.29 is 23.9 Å². The smallest absolute Gasteiger partial charge is 0.329 e. The zero-order valence-corrected chi connectivity index (χ0v) is 23.7. The van der Waals surface area contributed by atoms with Crippen molar-refractivity contribution in [2.75, 3.05) is 11.9 Å². The van der Waals surface area contributed by atoms with Crippen molar-refractivity contribution in [3.8, 4) is 0 Å². The summed E-state index contributed by atoms with van der Waals surface area (Å²) in [6.07, 6.45) is 0.254. The predicted octanol–water partition coefficient (Wildman–Crippen LogP) is 5.09. The Kier molecular flexibility index (Phi) is 6.76. The third-order valence-electron chi connectivity index (χ3n) is 8.76. The summed E-state index contributed by atoms with van der Waals surface area (Å²) in [6, 6.07) is 20.6. The lowest BCUT2D eigenvalue weighted by atomic mass is 9.55. The molecular weight excluding hydrogens is 516 g/mol. The van der Waals surface area contributed by atoms with Gasteiger partial charge in [0.25, 0.3) is 5.91 Å². The van der Waals surface area contributed by atoms with E-state index < -0.39 is 36.4 Å². The summed E-state index contributed by atoms with van der Waals surface area (Å²) in [6.45, 7) is 7.21. The van der Waals surface area contributed by atoms with Crippen LogP contribution in [0, 0.1) is 31.6 Å². The third-order valence-corrected chi connectivity index (χ3v) is 8.76. The Morgan fingerprint density at radius 1 is 0.829 bits per heavy atom. The van der Waals surface area contributed by atoms with E-state index in [0.29, 0.717) is 5.69 Å². The first-order valence-electron chi connectivity index (χ1n) is 14.3. The Bertz CT molecular complexity index is 1460. The highest BCUT2D eigenvalue weighted by molar-refractivity contribution is 6.10. The van der Waals surface area contributed by atoms with Gasteiger partial charge in [-0.1, -0.05) is 80.1 Å². The molecule has 7 rings (SSSR count). The van der Waals surface area contributed by atoms with E-state index in [4.69, 9.17) is 4.74 Å². The maximum absolute atomic E-state index is 14.1. The van der Waals surface area contributed by atoms with Crippen molar-refractivity contribution in [2.45, 2.75) is 52.0 Å². The highest BCUT2D eigenvalue weighted by atomic mass is 16.5. The molecular formula is C34H34N2O5. The minimum absolute atomic E-state index is 0.00549. The molecule has 0 spiro atoms. The van der Waals surface area contributed by atoms with Gasteiger partial charge < -0.3 is 10.1 Å². The summed E-state index contributed by atoms with van der Waals surface area (Å²) in [5.41, 5.74) is 6.91. The second kappa shape index (κ2) is 10.3. The fourth-order valence-corrected chi connectivity index (χ4v) is 7.13. The molecule has 210 valence electrons. The monoisotopic (exact) mass is 550 g/mol. The van der Waals surface area contributed by atoms with E-state index in [-0.39, 0.29) is 36.0 Å². The molecule has 0 radical (unpaired) electrons. The third kappa shape index (κ3) is 4.44. The second-order valence-corrected chi connectivity index (χ2v) is 11.9. The minimum Gasteiger partial charge on any atom is -0.454 e. The van der Waals surface area contributed by atoms with Gasteiger partial charge in [-0.3, -0.25) is 19.3 Å². The van der Waals surface area contributed by atoms with Crippen LogP contribution in [-0.4, -0.2) is 41.2 Å². The molecule has 0 unspecified atom stereocenters. The average molecular weight is 551 g/mol. The van der Waals surface area contributed by atoms with Crippen LogP contribution >= 0.6 is 0 Å². The summed E-state index contributed by atoms with van der Waals surface area (Å²) in [5.74, 6) is -3.53. The predicted molar refractivity (Wildman–Crippen MR) is 154 cm³/mol. The lowest BCUT2D eigenvalue weighted by molar-refractivity contribution is -0.160. The van der Waals surface area contributed by atoms with Gasteiger partial charge in [0.05, 0.1) is 11.8 Å². The number of likely N-dealkylation sites (tertiary alicyclic amines) is 1. The van der Waals surface area contributed by atoms with Gasteiger partial charge >= 0.3 is 5.97 Å². The lowest BCUT2D eigenvalue weighted by Crippen LogP contribution is -2.47. The van der Waals surface area contributed by atoms with Crippen molar-refractivity contribution in [1.82, 2.24) is 4.90 Å². The van der Waals surface area contributed by atoms with Crippen molar-refractivity contribution in [2.24, 2.45) is 17.8 Å². The number of hydrogen-bond acceptors (Lipinski definition) is 5. The highest BCUT2D eigenvalue weighted by Gasteiger charge is 2.63. The van der Waals surface area contributed by atoms with Crippen molar-refractivity contribution >= 4 is 29.4 Å². The quantitative estimate of drug-likeness (QED) is 0.327. The Morgan fingerprint density at radius 3 is 1.80 bits per heavy atom. The number of hydrogen-bond donors (Lipinski definition) is 1. The van der Waals surface area contributed by atoms with Crippen LogP contribution < -0.4 is 5.32 Å². The van der Waals surface area contributed by atoms with Gasteiger partial charge in [-0.05, 0) is 60.1 Å². The maximum atomic E-state index is 14.1. The molecule has 7 heteroatoms. The van der Waals surface area contributed by atoms with E-state index >= 15 is 0 Å². The number of anilines is 1. The SMILES string of the molecule is Cc1ccc(NC(=O)COC(=O)[C@H](CC(C)C)N2C(=O)[C@@H]3C4c5ccccc5C(c5ccccc54)[C@H]3C2=O)c(C)c1. The zero-order chi connectivity index (χ0) is 29.0. The molecule has 41 heavy (non-hydrogen) atoms. The normalized spacial score (nSPS) is 22.7. The Morgan fingerprint density at radius 2 is 1.34 bits per heavy atom. The van der Waals surface area contributed by atoms with Gasteiger partial charge in [0.15, 0.2) is 6.61 Å². The summed E-state index contributed by atoms with van der Waals surface area (Å²) >= 11 is 0. The molecule has 3 aromatic rings. The number of ether oxygens (including phenoxy) is 1. The molecule has 1 heterocycles. The molecule has 1 fully saturated rings. The van der Waals surface area contributed by atoms with Crippen molar-refractivity contribution in [3.63, 3.8) is 0 Å². The number of nitrogens with zero attached hydrogens (tertiary/aromatic N) is 1. The van der Waals surface area contributed by atoms with E-state index in [1.165, 1.54) is 0 Å². The summed E-state index contributed by atoms with van der Waals surface area (Å²) < 4.78 is 5.46. The molecule has 4 aliphatic rings. The maximum Gasteiger partial charge on any atom is 0.329 e. The molecule has 0 saturated carbocycles. The number of carbonyl (C=O) groups is 4. The van der Waals surface area contributed by atoms with Crippen molar-refractivity contribution in [3.05, 3.63) is 100 Å². The van der Waals surface area contributed by atoms with Crippen molar-refractivity contribution in [1.29, 1.82) is 0 Å². The topological polar surface area (TPSA) is 92.8 Å². The van der Waals surface area contributed by atoms with E-state index in [1.54, 1.807) is 6.07 Å². The Hall–Kier alpha value is -4.26. The van der Waals surface area contributed by atoms with Gasteiger partial charge in [-0.15, -0.1) is 0 Å². The van der Waals surface area contributed by atoms with Crippen LogP contribution in [-0.2, 0) is 23.9 Å². The van der Waals surface area contributed by atoms with Crippen LogP contribution in [0.3, 0.4) is 0 Å². The Labute approximate surface area is 239 Å². The molecule has 2 bridgehead atoms. The first-order chi connectivity index (χ1) is 19.7. The standard InChI is InChI=1S/C34H34N2O5/c1-18(2)15-26(34(40)41-17-27(37)35-25-14-13-19(3)16-20(25)4)36-32(38)30-28-21-9-5-6-10-22(21)29(31(30)33(36)39)24-12-8-7-11-23(24)28/h5-14,16,18,26,28-31H,15,17H2,1-4H3,(H,35,37)/t26-,28?,29?,30+,31+/m0/s1. The van der Waals surface area contributed by atoms with E-state index in [2.05, 4.69) is 5.32 Å². The number of nitrogens with one attached hydrogen (secondary N) is 1. The number of benzene rings is 3.